The van der Waals surface area contributed by atoms with Crippen molar-refractivity contribution in [3.63, 3.8) is 0 Å². The number of aromatic nitrogens is 2. The van der Waals surface area contributed by atoms with Gasteiger partial charge in [-0.2, -0.15) is 5.10 Å². The number of morpholine rings is 1. The van der Waals surface area contributed by atoms with Crippen LogP contribution in [0.1, 0.15) is 22.9 Å². The van der Waals surface area contributed by atoms with Crippen LogP contribution >= 0.6 is 0 Å². The molecule has 3 rings (SSSR count). The average Bonchev–Trinajstić information content (AvgIpc) is 2.93. The summed E-state index contributed by atoms with van der Waals surface area (Å²) in [6.45, 7) is 6.99. The largest absolute Gasteiger partial charge is 0.378 e. The molecular formula is C19H28N4O2. The van der Waals surface area contributed by atoms with Crippen molar-refractivity contribution in [2.75, 3.05) is 44.9 Å². The number of nitrogens with one attached hydrogen (secondary N) is 1. The van der Waals surface area contributed by atoms with E-state index in [1.165, 1.54) is 16.9 Å². The molecule has 0 amide bonds. The summed E-state index contributed by atoms with van der Waals surface area (Å²) in [7, 11) is 3.77. The van der Waals surface area contributed by atoms with E-state index in [1.54, 1.807) is 7.11 Å². The molecule has 2 aromatic rings. The maximum absolute atomic E-state index is 5.65. The first-order chi connectivity index (χ1) is 12.2. The number of anilines is 1. The fraction of sp³-hybridized carbons (Fsp3) is 0.526. The number of nitrogens with zero attached hydrogens (tertiary/aromatic N) is 3. The summed E-state index contributed by atoms with van der Waals surface area (Å²) in [6.07, 6.45) is 0.0463. The molecule has 6 nitrogen and oxygen atoms in total. The Labute approximate surface area is 149 Å². The SMILES string of the molecule is COC(CNCc1c(C)nn(C)c1N1CCOCC1)c1ccccc1. The Hall–Kier alpha value is -1.89. The van der Waals surface area contributed by atoms with E-state index < -0.39 is 0 Å². The molecule has 1 unspecified atom stereocenters. The van der Waals surface area contributed by atoms with Crippen molar-refractivity contribution >= 4 is 5.82 Å². The Balaban J connectivity index is 1.66. The fourth-order valence-corrected chi connectivity index (χ4v) is 3.40. The summed E-state index contributed by atoms with van der Waals surface area (Å²) < 4.78 is 13.1. The lowest BCUT2D eigenvalue weighted by molar-refractivity contribution is 0.102. The number of rotatable bonds is 7. The summed E-state index contributed by atoms with van der Waals surface area (Å²) in [6, 6.07) is 10.3. The van der Waals surface area contributed by atoms with E-state index in [1.807, 2.05) is 29.9 Å². The van der Waals surface area contributed by atoms with E-state index in [9.17, 15) is 0 Å². The van der Waals surface area contributed by atoms with Crippen molar-refractivity contribution in [1.82, 2.24) is 15.1 Å². The molecule has 1 fully saturated rings. The van der Waals surface area contributed by atoms with Crippen molar-refractivity contribution in [3.05, 3.63) is 47.2 Å². The van der Waals surface area contributed by atoms with Crippen LogP contribution in [0.2, 0.25) is 0 Å². The molecule has 0 bridgehead atoms. The first kappa shape index (κ1) is 17.9. The Morgan fingerprint density at radius 3 is 2.64 bits per heavy atom. The van der Waals surface area contributed by atoms with Gasteiger partial charge in [0, 0.05) is 45.9 Å². The van der Waals surface area contributed by atoms with Crippen molar-refractivity contribution in [1.29, 1.82) is 0 Å². The minimum absolute atomic E-state index is 0.0463. The molecule has 6 heteroatoms. The van der Waals surface area contributed by atoms with Crippen LogP contribution in [0.4, 0.5) is 5.82 Å². The molecular weight excluding hydrogens is 316 g/mol. The molecule has 0 radical (unpaired) electrons. The van der Waals surface area contributed by atoms with Crippen LogP contribution in [0.25, 0.3) is 0 Å². The molecule has 25 heavy (non-hydrogen) atoms. The Morgan fingerprint density at radius 1 is 1.24 bits per heavy atom. The van der Waals surface area contributed by atoms with E-state index >= 15 is 0 Å². The lowest BCUT2D eigenvalue weighted by Gasteiger charge is -2.29. The van der Waals surface area contributed by atoms with Crippen LogP contribution in [0.15, 0.2) is 30.3 Å². The van der Waals surface area contributed by atoms with Crippen molar-refractivity contribution in [3.8, 4) is 0 Å². The molecule has 136 valence electrons. The molecule has 1 aromatic heterocycles. The van der Waals surface area contributed by atoms with Crippen molar-refractivity contribution in [2.45, 2.75) is 19.6 Å². The van der Waals surface area contributed by atoms with Gasteiger partial charge in [-0.3, -0.25) is 4.68 Å². The van der Waals surface area contributed by atoms with Crippen LogP contribution in [0.5, 0.6) is 0 Å². The molecule has 1 aliphatic heterocycles. The lowest BCUT2D eigenvalue weighted by Crippen LogP contribution is -2.38. The highest BCUT2D eigenvalue weighted by molar-refractivity contribution is 5.50. The van der Waals surface area contributed by atoms with Gasteiger partial charge >= 0.3 is 0 Å². The predicted molar refractivity (Wildman–Crippen MR) is 98.9 cm³/mol. The highest BCUT2D eigenvalue weighted by Gasteiger charge is 2.21. The number of ether oxygens (including phenoxy) is 2. The second-order valence-corrected chi connectivity index (χ2v) is 6.38. The minimum Gasteiger partial charge on any atom is -0.378 e. The van der Waals surface area contributed by atoms with Gasteiger partial charge in [0.15, 0.2) is 0 Å². The van der Waals surface area contributed by atoms with Crippen LogP contribution in [0, 0.1) is 6.92 Å². The van der Waals surface area contributed by atoms with Gasteiger partial charge in [-0.15, -0.1) is 0 Å². The third-order valence-electron chi connectivity index (χ3n) is 4.71. The first-order valence-electron chi connectivity index (χ1n) is 8.84. The molecule has 1 aromatic carbocycles. The average molecular weight is 344 g/mol. The highest BCUT2D eigenvalue weighted by Crippen LogP contribution is 2.24. The van der Waals surface area contributed by atoms with E-state index in [2.05, 4.69) is 34.4 Å². The molecule has 0 spiro atoms. The number of methoxy groups -OCH3 is 1. The summed E-state index contributed by atoms with van der Waals surface area (Å²) in [5, 5.41) is 8.17. The molecule has 1 atom stereocenters. The van der Waals surface area contributed by atoms with Gasteiger partial charge in [0.05, 0.1) is 25.0 Å². The number of benzene rings is 1. The van der Waals surface area contributed by atoms with E-state index in [-0.39, 0.29) is 6.10 Å². The van der Waals surface area contributed by atoms with Gasteiger partial charge in [0.2, 0.25) is 0 Å². The zero-order valence-electron chi connectivity index (χ0n) is 15.4. The number of hydrogen-bond donors (Lipinski definition) is 1. The summed E-state index contributed by atoms with van der Waals surface area (Å²) >= 11 is 0. The van der Waals surface area contributed by atoms with Crippen LogP contribution in [-0.4, -0.2) is 49.7 Å². The third-order valence-corrected chi connectivity index (χ3v) is 4.71. The minimum atomic E-state index is 0.0463. The fourth-order valence-electron chi connectivity index (χ4n) is 3.40. The van der Waals surface area contributed by atoms with E-state index in [0.717, 1.165) is 45.1 Å². The topological polar surface area (TPSA) is 51.5 Å². The number of hydrogen-bond acceptors (Lipinski definition) is 5. The zero-order valence-corrected chi connectivity index (χ0v) is 15.4. The van der Waals surface area contributed by atoms with Crippen LogP contribution < -0.4 is 10.2 Å². The Bertz CT molecular complexity index is 666. The molecule has 1 N–H and O–H groups in total. The van der Waals surface area contributed by atoms with Gasteiger partial charge < -0.3 is 19.7 Å². The lowest BCUT2D eigenvalue weighted by atomic mass is 10.1. The van der Waals surface area contributed by atoms with Crippen LogP contribution in [-0.2, 0) is 23.1 Å². The molecule has 0 saturated carbocycles. The molecule has 1 saturated heterocycles. The van der Waals surface area contributed by atoms with Gasteiger partial charge in [-0.25, -0.2) is 0 Å². The van der Waals surface area contributed by atoms with Gasteiger partial charge in [0.1, 0.15) is 5.82 Å². The van der Waals surface area contributed by atoms with Gasteiger partial charge in [0.25, 0.3) is 0 Å². The summed E-state index contributed by atoms with van der Waals surface area (Å²) in [5.41, 5.74) is 3.52. The number of aryl methyl sites for hydroxylation is 2. The molecule has 0 aliphatic carbocycles. The Morgan fingerprint density at radius 2 is 1.96 bits per heavy atom. The third kappa shape index (κ3) is 4.21. The van der Waals surface area contributed by atoms with Crippen molar-refractivity contribution < 1.29 is 9.47 Å². The highest BCUT2D eigenvalue weighted by atomic mass is 16.5. The summed E-state index contributed by atoms with van der Waals surface area (Å²) in [4.78, 5) is 2.37. The maximum Gasteiger partial charge on any atom is 0.131 e. The molecule has 1 aliphatic rings. The normalized spacial score (nSPS) is 16.2. The smallest absolute Gasteiger partial charge is 0.131 e. The quantitative estimate of drug-likeness (QED) is 0.833. The first-order valence-corrected chi connectivity index (χ1v) is 8.84. The Kier molecular flexibility index (Phi) is 6.07. The van der Waals surface area contributed by atoms with Crippen molar-refractivity contribution in [2.24, 2.45) is 7.05 Å². The molecule has 2 heterocycles. The van der Waals surface area contributed by atoms with E-state index in [4.69, 9.17) is 9.47 Å². The predicted octanol–water partition coefficient (Wildman–Crippen LogP) is 2.04. The second kappa shape index (κ2) is 8.47. The van der Waals surface area contributed by atoms with Gasteiger partial charge in [-0.05, 0) is 12.5 Å². The van der Waals surface area contributed by atoms with E-state index in [0.29, 0.717) is 0 Å². The second-order valence-electron chi connectivity index (χ2n) is 6.38. The zero-order chi connectivity index (χ0) is 17.6. The summed E-state index contributed by atoms with van der Waals surface area (Å²) in [5.74, 6) is 1.20. The monoisotopic (exact) mass is 344 g/mol. The maximum atomic E-state index is 5.65. The van der Waals surface area contributed by atoms with Gasteiger partial charge in [-0.1, -0.05) is 30.3 Å². The standard InChI is InChI=1S/C19H28N4O2/c1-15-17(19(22(2)21-15)23-9-11-25-12-10-23)13-20-14-18(24-3)16-7-5-4-6-8-16/h4-8,18,20H,9-14H2,1-3H3. The van der Waals surface area contributed by atoms with Crippen LogP contribution in [0.3, 0.4) is 0 Å².